The lowest BCUT2D eigenvalue weighted by atomic mass is 10.2. The number of aryl methyl sites for hydroxylation is 1. The first-order valence-electron chi connectivity index (χ1n) is 3.86. The van der Waals surface area contributed by atoms with Crippen molar-refractivity contribution in [1.29, 1.82) is 0 Å². The Labute approximate surface area is 79.5 Å². The Balaban J connectivity index is 2.78. The quantitative estimate of drug-likeness (QED) is 0.675. The van der Waals surface area contributed by atoms with Crippen LogP contribution >= 0.6 is 15.9 Å². The summed E-state index contributed by atoms with van der Waals surface area (Å²) in [5, 5.41) is 2.00. The van der Waals surface area contributed by atoms with E-state index in [0.717, 1.165) is 16.7 Å². The number of hydrogen-bond acceptors (Lipinski definition) is 1. The van der Waals surface area contributed by atoms with Crippen LogP contribution in [-0.4, -0.2) is 0 Å². The second kappa shape index (κ2) is 2.94. The van der Waals surface area contributed by atoms with Crippen molar-refractivity contribution in [2.75, 3.05) is 0 Å². The molecule has 0 aliphatic rings. The zero-order valence-corrected chi connectivity index (χ0v) is 8.39. The maximum atomic E-state index is 5.60. The number of benzene rings is 1. The molecule has 1 aromatic carbocycles. The average molecular weight is 225 g/mol. The molecule has 0 radical (unpaired) electrons. The van der Waals surface area contributed by atoms with Gasteiger partial charge in [-0.1, -0.05) is 34.1 Å². The number of hydrogen-bond donors (Lipinski definition) is 0. The lowest BCUT2D eigenvalue weighted by Gasteiger charge is -1.87. The molecule has 1 nitrogen and oxygen atoms in total. The molecule has 1 heterocycles. The molecular formula is C10H9BrO. The summed E-state index contributed by atoms with van der Waals surface area (Å²) in [4.78, 5) is 0. The summed E-state index contributed by atoms with van der Waals surface area (Å²) in [5.41, 5.74) is 2.21. The molecule has 0 spiro atoms. The van der Waals surface area contributed by atoms with Gasteiger partial charge in [-0.05, 0) is 18.6 Å². The van der Waals surface area contributed by atoms with E-state index in [9.17, 15) is 0 Å². The van der Waals surface area contributed by atoms with Crippen LogP contribution in [0.25, 0.3) is 11.0 Å². The lowest BCUT2D eigenvalue weighted by Crippen LogP contribution is -1.74. The Hall–Kier alpha value is -0.760. The number of rotatable bonds is 1. The van der Waals surface area contributed by atoms with Gasteiger partial charge in [0.05, 0.1) is 5.33 Å². The van der Waals surface area contributed by atoms with Crippen LogP contribution in [0.3, 0.4) is 0 Å². The molecule has 0 N–H and O–H groups in total. The number of halogens is 1. The van der Waals surface area contributed by atoms with Gasteiger partial charge in [0.2, 0.25) is 0 Å². The van der Waals surface area contributed by atoms with E-state index in [1.807, 2.05) is 18.2 Å². The largest absolute Gasteiger partial charge is 0.460 e. The molecule has 0 fully saturated rings. The van der Waals surface area contributed by atoms with Gasteiger partial charge in [0.1, 0.15) is 11.3 Å². The molecule has 0 saturated heterocycles. The van der Waals surface area contributed by atoms with Crippen molar-refractivity contribution in [2.24, 2.45) is 0 Å². The van der Waals surface area contributed by atoms with E-state index < -0.39 is 0 Å². The summed E-state index contributed by atoms with van der Waals surface area (Å²) < 4.78 is 5.60. The summed E-state index contributed by atoms with van der Waals surface area (Å²) in [7, 11) is 0. The van der Waals surface area contributed by atoms with E-state index in [1.165, 1.54) is 10.9 Å². The maximum absolute atomic E-state index is 5.60. The Morgan fingerprint density at radius 1 is 1.33 bits per heavy atom. The molecule has 0 atom stereocenters. The van der Waals surface area contributed by atoms with Gasteiger partial charge >= 0.3 is 0 Å². The molecule has 0 unspecified atom stereocenters. The highest BCUT2D eigenvalue weighted by Crippen LogP contribution is 2.25. The normalized spacial score (nSPS) is 10.8. The van der Waals surface area contributed by atoms with Crippen molar-refractivity contribution in [1.82, 2.24) is 0 Å². The Morgan fingerprint density at radius 3 is 2.75 bits per heavy atom. The summed E-state index contributed by atoms with van der Waals surface area (Å²) in [5.74, 6) is 1.02. The maximum Gasteiger partial charge on any atom is 0.134 e. The van der Waals surface area contributed by atoms with Crippen molar-refractivity contribution in [3.8, 4) is 0 Å². The zero-order valence-electron chi connectivity index (χ0n) is 6.80. The fourth-order valence-electron chi connectivity index (χ4n) is 1.35. The van der Waals surface area contributed by atoms with E-state index in [-0.39, 0.29) is 0 Å². The summed E-state index contributed by atoms with van der Waals surface area (Å²) in [6.45, 7) is 2.09. The van der Waals surface area contributed by atoms with Gasteiger partial charge in [0.25, 0.3) is 0 Å². The third-order valence-corrected chi connectivity index (χ3v) is 2.57. The first-order valence-corrected chi connectivity index (χ1v) is 4.98. The molecule has 0 amide bonds. The third kappa shape index (κ3) is 1.07. The standard InChI is InChI=1S/C10H9BrO/c1-7-8-4-2-3-5-9(8)12-10(7)6-11/h2-5H,6H2,1H3. The summed E-state index contributed by atoms with van der Waals surface area (Å²) in [6, 6.07) is 8.10. The molecule has 12 heavy (non-hydrogen) atoms. The van der Waals surface area contributed by atoms with Crippen LogP contribution in [0.5, 0.6) is 0 Å². The van der Waals surface area contributed by atoms with Gasteiger partial charge in [-0.2, -0.15) is 0 Å². The first kappa shape index (κ1) is 7.87. The Kier molecular flexibility index (Phi) is 1.93. The molecule has 0 aliphatic carbocycles. The number of para-hydroxylation sites is 1. The topological polar surface area (TPSA) is 13.1 Å². The van der Waals surface area contributed by atoms with Crippen LogP contribution in [0.2, 0.25) is 0 Å². The van der Waals surface area contributed by atoms with Crippen LogP contribution in [0.4, 0.5) is 0 Å². The summed E-state index contributed by atoms with van der Waals surface area (Å²) in [6.07, 6.45) is 0. The van der Waals surface area contributed by atoms with Gasteiger partial charge in [-0.25, -0.2) is 0 Å². The van der Waals surface area contributed by atoms with Crippen LogP contribution in [-0.2, 0) is 5.33 Å². The van der Waals surface area contributed by atoms with Gasteiger partial charge < -0.3 is 4.42 Å². The number of fused-ring (bicyclic) bond motifs is 1. The third-order valence-electron chi connectivity index (χ3n) is 2.06. The van der Waals surface area contributed by atoms with Crippen LogP contribution < -0.4 is 0 Å². The molecule has 0 saturated carbocycles. The minimum Gasteiger partial charge on any atom is -0.460 e. The van der Waals surface area contributed by atoms with Crippen molar-refractivity contribution in [3.05, 3.63) is 35.6 Å². The SMILES string of the molecule is Cc1c(CBr)oc2ccccc12. The Morgan fingerprint density at radius 2 is 2.08 bits per heavy atom. The Bertz CT molecular complexity index is 403. The van der Waals surface area contributed by atoms with Gasteiger partial charge in [-0.15, -0.1) is 0 Å². The second-order valence-electron chi connectivity index (χ2n) is 2.78. The van der Waals surface area contributed by atoms with Crippen molar-refractivity contribution >= 4 is 26.9 Å². The van der Waals surface area contributed by atoms with Crippen molar-refractivity contribution in [2.45, 2.75) is 12.3 Å². The average Bonchev–Trinajstić information content (AvgIpc) is 2.44. The van der Waals surface area contributed by atoms with Crippen molar-refractivity contribution < 1.29 is 4.42 Å². The molecule has 0 aliphatic heterocycles. The highest BCUT2D eigenvalue weighted by molar-refractivity contribution is 9.08. The van der Waals surface area contributed by atoms with Gasteiger partial charge in [0, 0.05) is 5.39 Å². The molecule has 2 heteroatoms. The zero-order chi connectivity index (χ0) is 8.55. The fourth-order valence-corrected chi connectivity index (χ4v) is 1.89. The predicted molar refractivity (Wildman–Crippen MR) is 53.6 cm³/mol. The number of alkyl halides is 1. The van der Waals surface area contributed by atoms with E-state index in [4.69, 9.17) is 4.42 Å². The molecule has 2 aromatic rings. The van der Waals surface area contributed by atoms with E-state index >= 15 is 0 Å². The molecule has 2 rings (SSSR count). The van der Waals surface area contributed by atoms with Crippen LogP contribution in [0, 0.1) is 6.92 Å². The van der Waals surface area contributed by atoms with Crippen molar-refractivity contribution in [3.63, 3.8) is 0 Å². The van der Waals surface area contributed by atoms with Gasteiger partial charge in [0.15, 0.2) is 0 Å². The minimum absolute atomic E-state index is 0.785. The second-order valence-corrected chi connectivity index (χ2v) is 3.34. The van der Waals surface area contributed by atoms with Crippen LogP contribution in [0.15, 0.2) is 28.7 Å². The van der Waals surface area contributed by atoms with Gasteiger partial charge in [-0.3, -0.25) is 0 Å². The molecule has 62 valence electrons. The molecule has 1 aromatic heterocycles. The number of furan rings is 1. The van der Waals surface area contributed by atoms with E-state index in [2.05, 4.69) is 28.9 Å². The molecular weight excluding hydrogens is 216 g/mol. The van der Waals surface area contributed by atoms with E-state index in [0.29, 0.717) is 0 Å². The van der Waals surface area contributed by atoms with Crippen LogP contribution in [0.1, 0.15) is 11.3 Å². The molecule has 0 bridgehead atoms. The lowest BCUT2D eigenvalue weighted by molar-refractivity contribution is 0.572. The smallest absolute Gasteiger partial charge is 0.134 e. The first-order chi connectivity index (χ1) is 5.83. The minimum atomic E-state index is 0.785. The summed E-state index contributed by atoms with van der Waals surface area (Å²) >= 11 is 3.39. The predicted octanol–water partition coefficient (Wildman–Crippen LogP) is 3.64. The van der Waals surface area contributed by atoms with E-state index in [1.54, 1.807) is 0 Å². The highest BCUT2D eigenvalue weighted by Gasteiger charge is 2.07. The highest BCUT2D eigenvalue weighted by atomic mass is 79.9. The fraction of sp³-hybridized carbons (Fsp3) is 0.200. The monoisotopic (exact) mass is 224 g/mol.